The number of aliphatic hydroxyl groups excluding tert-OH is 2. The largest absolute Gasteiger partial charge is 0.479 e. The molecular weight excluding hydrogens is 890 g/mol. The molecule has 5 aromatic rings. The van der Waals surface area contributed by atoms with Gasteiger partial charge in [0, 0.05) is 38.3 Å². The summed E-state index contributed by atoms with van der Waals surface area (Å²) in [4.78, 5) is 72.9. The van der Waals surface area contributed by atoms with Crippen molar-refractivity contribution in [2.24, 2.45) is 0 Å². The van der Waals surface area contributed by atoms with E-state index in [4.69, 9.17) is 25.2 Å². The van der Waals surface area contributed by atoms with Gasteiger partial charge < -0.3 is 34.6 Å². The van der Waals surface area contributed by atoms with Gasteiger partial charge >= 0.3 is 24.1 Å². The molecule has 0 aliphatic carbocycles. The molecule has 2 unspecified atom stereocenters. The maximum absolute atomic E-state index is 14.7. The fraction of sp³-hybridized carbons (Fsp3) is 0.383. The number of pyridine rings is 1. The molecule has 6 rings (SSSR count). The zero-order chi connectivity index (χ0) is 49.4. The number of halogens is 5. The van der Waals surface area contributed by atoms with Crippen molar-refractivity contribution >= 4 is 34.8 Å². The summed E-state index contributed by atoms with van der Waals surface area (Å²) in [5, 5.41) is 32.7. The van der Waals surface area contributed by atoms with Gasteiger partial charge in [-0.15, -0.1) is 0 Å². The lowest BCUT2D eigenvalue weighted by molar-refractivity contribution is -0.165. The van der Waals surface area contributed by atoms with Crippen LogP contribution in [0, 0.1) is 11.6 Å². The monoisotopic (exact) mass is 939 g/mol. The van der Waals surface area contributed by atoms with Gasteiger partial charge in [0.2, 0.25) is 5.91 Å². The molecule has 67 heavy (non-hydrogen) atoms. The molecule has 15 nitrogen and oxygen atoms in total. The number of aryl methyl sites for hydroxylation is 2. The van der Waals surface area contributed by atoms with Gasteiger partial charge in [-0.1, -0.05) is 48.5 Å². The van der Waals surface area contributed by atoms with Gasteiger partial charge in [-0.2, -0.15) is 18.2 Å². The molecular formula is C47H50F5N5O10. The number of hydrogen-bond donors (Lipinski definition) is 4. The van der Waals surface area contributed by atoms with Crippen LogP contribution in [-0.4, -0.2) is 112 Å². The molecule has 3 aromatic carbocycles. The number of rotatable bonds is 15. The van der Waals surface area contributed by atoms with Crippen LogP contribution in [0.5, 0.6) is 0 Å². The van der Waals surface area contributed by atoms with Crippen LogP contribution in [0.25, 0.3) is 22.2 Å². The summed E-state index contributed by atoms with van der Waals surface area (Å²) in [6.07, 6.45) is -6.69. The zero-order valence-corrected chi connectivity index (χ0v) is 36.9. The first-order valence-electron chi connectivity index (χ1n) is 21.1. The quantitative estimate of drug-likeness (QED) is 0.0740. The summed E-state index contributed by atoms with van der Waals surface area (Å²) in [6, 6.07) is 18.9. The van der Waals surface area contributed by atoms with Crippen molar-refractivity contribution in [1.82, 2.24) is 24.3 Å². The van der Waals surface area contributed by atoms with E-state index in [0.717, 1.165) is 23.8 Å². The van der Waals surface area contributed by atoms with Gasteiger partial charge in [0.05, 0.1) is 17.1 Å². The number of nitrogens with zero attached hydrogens (tertiary/aromatic N) is 5. The number of ether oxygens (including phenoxy) is 1. The van der Waals surface area contributed by atoms with Crippen molar-refractivity contribution in [2.45, 2.75) is 103 Å². The summed E-state index contributed by atoms with van der Waals surface area (Å²) in [5.74, 6) is -6.00. The van der Waals surface area contributed by atoms with Crippen molar-refractivity contribution in [1.29, 1.82) is 0 Å². The summed E-state index contributed by atoms with van der Waals surface area (Å²) in [5.41, 5.74) is 0.180. The number of aromatic nitrogens is 3. The Balaban J connectivity index is 0.000000752. The van der Waals surface area contributed by atoms with E-state index >= 15 is 0 Å². The highest BCUT2D eigenvalue weighted by molar-refractivity contribution is 5.83. The molecule has 1 saturated heterocycles. The Morgan fingerprint density at radius 2 is 1.42 bits per heavy atom. The average Bonchev–Trinajstić information content (AvgIpc) is 3.29. The normalized spacial score (nSPS) is 14.5. The second-order valence-electron chi connectivity index (χ2n) is 16.6. The number of esters is 1. The van der Waals surface area contributed by atoms with Gasteiger partial charge in [-0.25, -0.2) is 23.4 Å². The van der Waals surface area contributed by atoms with Crippen molar-refractivity contribution in [2.75, 3.05) is 13.1 Å². The molecule has 4 N–H and O–H groups in total. The van der Waals surface area contributed by atoms with Crippen LogP contribution in [0.2, 0.25) is 0 Å². The third kappa shape index (κ3) is 12.8. The number of alkyl halides is 3. The fourth-order valence-corrected chi connectivity index (χ4v) is 7.48. The van der Waals surface area contributed by atoms with Crippen molar-refractivity contribution in [3.05, 3.63) is 130 Å². The van der Waals surface area contributed by atoms with E-state index in [0.29, 0.717) is 37.1 Å². The molecule has 1 amide bonds. The number of piperidine rings is 1. The standard InChI is InChI=1S/C43H44F5N5O4.C4H6O6/c1-27(2)57-41(56)42(3,4)51-23-20-33(21-24-51)52(25-28-10-12-29(13-11-28)30-14-17-32(18-15-30)43(46,47)48)37(54)26-53-36(19-16-31-7-5-9-35(44)38(31)45)50-40(55)34-8-6-22-49-39(34)53;5-1(3(7)8)2(6)4(9)10/h5-15,17-18,22,27,33H,16,19-21,23-26H2,1-4H3;1-2,5-6H,(H,7,8)(H,9,10). The van der Waals surface area contributed by atoms with Gasteiger partial charge in [0.1, 0.15) is 23.6 Å². The number of carboxylic acids is 2. The summed E-state index contributed by atoms with van der Waals surface area (Å²) >= 11 is 0. The predicted octanol–water partition coefficient (Wildman–Crippen LogP) is 5.64. The highest BCUT2D eigenvalue weighted by atomic mass is 19.4. The molecule has 0 spiro atoms. The Bertz CT molecular complexity index is 2600. The number of benzene rings is 3. The molecule has 3 heterocycles. The van der Waals surface area contributed by atoms with Crippen molar-refractivity contribution in [3.8, 4) is 11.1 Å². The Labute approximate surface area is 381 Å². The van der Waals surface area contributed by atoms with E-state index < -0.39 is 58.6 Å². The molecule has 358 valence electrons. The molecule has 0 saturated carbocycles. The molecule has 0 radical (unpaired) electrons. The maximum atomic E-state index is 14.7. The lowest BCUT2D eigenvalue weighted by atomic mass is 9.95. The Kier molecular flexibility index (Phi) is 16.7. The minimum atomic E-state index is -4.45. The smallest absolute Gasteiger partial charge is 0.416 e. The number of hydrogen-bond acceptors (Lipinski definition) is 11. The van der Waals surface area contributed by atoms with Crippen molar-refractivity contribution in [3.63, 3.8) is 0 Å². The Morgan fingerprint density at radius 3 is 1.97 bits per heavy atom. The van der Waals surface area contributed by atoms with Gasteiger partial charge in [-0.3, -0.25) is 19.3 Å². The summed E-state index contributed by atoms with van der Waals surface area (Å²) < 4.78 is 75.3. The second-order valence-corrected chi connectivity index (χ2v) is 16.6. The van der Waals surface area contributed by atoms with E-state index in [9.17, 15) is 45.9 Å². The zero-order valence-electron chi connectivity index (χ0n) is 36.9. The van der Waals surface area contributed by atoms with Gasteiger partial charge in [0.25, 0.3) is 5.56 Å². The number of fused-ring (bicyclic) bond motifs is 1. The number of aliphatic hydroxyl groups is 2. The number of carboxylic acid groups (broad SMARTS) is 2. The van der Waals surface area contributed by atoms with Gasteiger partial charge in [0.15, 0.2) is 23.8 Å². The van der Waals surface area contributed by atoms with E-state index in [1.54, 1.807) is 47.6 Å². The van der Waals surface area contributed by atoms with Crippen LogP contribution in [0.3, 0.4) is 0 Å². The molecule has 2 aromatic heterocycles. The number of carbonyl (C=O) groups excluding carboxylic acids is 2. The van der Waals surface area contributed by atoms with Crippen LogP contribution in [0.1, 0.15) is 63.1 Å². The first-order chi connectivity index (χ1) is 31.5. The minimum Gasteiger partial charge on any atom is -0.479 e. The maximum Gasteiger partial charge on any atom is 0.416 e. The highest BCUT2D eigenvalue weighted by Crippen LogP contribution is 2.32. The second kappa shape index (κ2) is 21.8. The lowest BCUT2D eigenvalue weighted by Crippen LogP contribution is -2.57. The van der Waals surface area contributed by atoms with E-state index in [2.05, 4.69) is 9.97 Å². The number of likely N-dealkylation sites (tertiary alicyclic amines) is 1. The lowest BCUT2D eigenvalue weighted by Gasteiger charge is -2.44. The number of carbonyl (C=O) groups is 4. The Hall–Kier alpha value is -6.64. The Morgan fingerprint density at radius 1 is 0.836 bits per heavy atom. The molecule has 0 bridgehead atoms. The number of aliphatic carboxylic acids is 2. The highest BCUT2D eigenvalue weighted by Gasteiger charge is 2.40. The molecule has 2 atom stereocenters. The van der Waals surface area contributed by atoms with Crippen LogP contribution < -0.4 is 5.56 Å². The molecule has 1 aliphatic heterocycles. The minimum absolute atomic E-state index is 0.00501. The first kappa shape index (κ1) is 51.3. The van der Waals surface area contributed by atoms with E-state index in [1.165, 1.54) is 30.5 Å². The summed E-state index contributed by atoms with van der Waals surface area (Å²) in [6.45, 7) is 8.13. The summed E-state index contributed by atoms with van der Waals surface area (Å²) in [7, 11) is 0. The van der Waals surface area contributed by atoms with Crippen LogP contribution in [-0.2, 0) is 56.0 Å². The SMILES string of the molecule is CC(C)OC(=O)C(C)(C)N1CCC(N(Cc2ccc(-c3ccc(C(F)(F)F)cc3)cc2)C(=O)Cn2c(CCc3cccc(F)c3F)nc(=O)c3cccnc32)CC1.O=C(O)C(O)C(O)C(=O)O. The average molecular weight is 940 g/mol. The third-order valence-corrected chi connectivity index (χ3v) is 11.3. The van der Waals surface area contributed by atoms with Gasteiger partial charge in [-0.05, 0) is 99.5 Å². The predicted molar refractivity (Wildman–Crippen MR) is 232 cm³/mol. The van der Waals surface area contributed by atoms with Crippen LogP contribution in [0.4, 0.5) is 22.0 Å². The number of amides is 1. The van der Waals surface area contributed by atoms with E-state index in [-0.39, 0.29) is 72.4 Å². The third-order valence-electron chi connectivity index (χ3n) is 11.3. The van der Waals surface area contributed by atoms with Crippen LogP contribution >= 0.6 is 0 Å². The topological polar surface area (TPSA) is 213 Å². The fourth-order valence-electron chi connectivity index (χ4n) is 7.48. The first-order valence-corrected chi connectivity index (χ1v) is 21.1. The molecule has 20 heteroatoms. The molecule has 1 aliphatic rings. The van der Waals surface area contributed by atoms with E-state index in [1.807, 2.05) is 30.9 Å². The van der Waals surface area contributed by atoms with Crippen LogP contribution in [0.15, 0.2) is 89.9 Å². The molecule has 1 fully saturated rings. The van der Waals surface area contributed by atoms with Crippen molar-refractivity contribution < 1.29 is 66.3 Å².